The van der Waals surface area contributed by atoms with Gasteiger partial charge in [-0.05, 0) is 48.2 Å². The second-order valence-electron chi connectivity index (χ2n) is 6.54. The van der Waals surface area contributed by atoms with E-state index in [1.54, 1.807) is 6.07 Å². The van der Waals surface area contributed by atoms with Crippen molar-refractivity contribution in [2.45, 2.75) is 38.0 Å². The van der Waals surface area contributed by atoms with Crippen molar-refractivity contribution in [3.63, 3.8) is 0 Å². The summed E-state index contributed by atoms with van der Waals surface area (Å²) in [6.07, 6.45) is 0.774. The Morgan fingerprint density at radius 2 is 1.92 bits per heavy atom. The maximum atomic E-state index is 13.0. The number of carbonyl (C=O) groups is 1. The molecule has 3 aromatic rings. The largest absolute Gasteiger partial charge is 0.478 e. The quantitative estimate of drug-likeness (QED) is 0.676. The van der Waals surface area contributed by atoms with Gasteiger partial charge in [0, 0.05) is 10.6 Å². The Labute approximate surface area is 153 Å². The molecule has 26 heavy (non-hydrogen) atoms. The average molecular weight is 372 g/mol. The molecule has 0 fully saturated rings. The number of aromatic carboxylic acids is 1. The van der Waals surface area contributed by atoms with Crippen molar-refractivity contribution >= 4 is 38.7 Å². The van der Waals surface area contributed by atoms with Crippen LogP contribution in [0, 0.1) is 0 Å². The van der Waals surface area contributed by atoms with Crippen molar-refractivity contribution in [1.82, 2.24) is 0 Å². The predicted molar refractivity (Wildman–Crippen MR) is 103 cm³/mol. The standard InChI is InChI=1S/C20H20O5S/c1-4-7-26(24)13-9-14(11(2)3)19-16(10-13)18(21)15-8-12(20(22)23)5-6-17(15)25-19/h5-6,8-11H,4,7H2,1-3H3,(H,22,23). The van der Waals surface area contributed by atoms with Crippen LogP contribution in [0.3, 0.4) is 0 Å². The van der Waals surface area contributed by atoms with Crippen LogP contribution < -0.4 is 5.43 Å². The van der Waals surface area contributed by atoms with Gasteiger partial charge in [0.05, 0.1) is 27.1 Å². The van der Waals surface area contributed by atoms with Crippen molar-refractivity contribution in [2.75, 3.05) is 5.75 Å². The number of carboxylic acids is 1. The molecule has 0 aliphatic heterocycles. The first kappa shape index (κ1) is 18.3. The van der Waals surface area contributed by atoms with E-state index in [1.807, 2.05) is 26.8 Å². The van der Waals surface area contributed by atoms with E-state index in [1.165, 1.54) is 18.2 Å². The minimum Gasteiger partial charge on any atom is -0.478 e. The lowest BCUT2D eigenvalue weighted by molar-refractivity contribution is 0.0697. The molecule has 1 aromatic heterocycles. The normalized spacial score (nSPS) is 12.8. The Bertz CT molecular complexity index is 1090. The van der Waals surface area contributed by atoms with Crippen molar-refractivity contribution in [3.05, 3.63) is 51.7 Å². The summed E-state index contributed by atoms with van der Waals surface area (Å²) < 4.78 is 18.4. The van der Waals surface area contributed by atoms with Gasteiger partial charge in [-0.1, -0.05) is 20.8 Å². The number of hydrogen-bond acceptors (Lipinski definition) is 4. The number of carboxylic acid groups (broad SMARTS) is 1. The molecule has 1 atom stereocenters. The molecule has 1 heterocycles. The van der Waals surface area contributed by atoms with Crippen LogP contribution in [0.1, 0.15) is 49.0 Å². The zero-order valence-corrected chi connectivity index (χ0v) is 15.7. The van der Waals surface area contributed by atoms with E-state index >= 15 is 0 Å². The smallest absolute Gasteiger partial charge is 0.335 e. The van der Waals surface area contributed by atoms with Crippen LogP contribution in [0.4, 0.5) is 0 Å². The first-order valence-electron chi connectivity index (χ1n) is 8.49. The number of fused-ring (bicyclic) bond motifs is 2. The minimum atomic E-state index is -1.19. The van der Waals surface area contributed by atoms with Crippen LogP contribution in [-0.2, 0) is 10.8 Å². The highest BCUT2D eigenvalue weighted by Crippen LogP contribution is 2.30. The molecule has 0 aliphatic carbocycles. The second kappa shape index (κ2) is 7.03. The topological polar surface area (TPSA) is 84.6 Å². The third-order valence-corrected chi connectivity index (χ3v) is 5.83. The summed E-state index contributed by atoms with van der Waals surface area (Å²) in [5, 5.41) is 9.72. The Morgan fingerprint density at radius 3 is 2.54 bits per heavy atom. The van der Waals surface area contributed by atoms with Crippen molar-refractivity contribution in [2.24, 2.45) is 0 Å². The molecular weight excluding hydrogens is 352 g/mol. The molecule has 0 radical (unpaired) electrons. The Morgan fingerprint density at radius 1 is 1.19 bits per heavy atom. The summed E-state index contributed by atoms with van der Waals surface area (Å²) in [5.41, 5.74) is 1.36. The number of rotatable bonds is 5. The summed E-state index contributed by atoms with van der Waals surface area (Å²) in [6.45, 7) is 5.93. The van der Waals surface area contributed by atoms with E-state index in [2.05, 4.69) is 0 Å². The highest BCUT2D eigenvalue weighted by molar-refractivity contribution is 7.85. The Balaban J connectivity index is 2.40. The van der Waals surface area contributed by atoms with E-state index in [0.29, 0.717) is 27.2 Å². The number of benzene rings is 2. The molecule has 5 nitrogen and oxygen atoms in total. The second-order valence-corrected chi connectivity index (χ2v) is 8.11. The van der Waals surface area contributed by atoms with Crippen molar-refractivity contribution in [1.29, 1.82) is 0 Å². The fraction of sp³-hybridized carbons (Fsp3) is 0.300. The first-order chi connectivity index (χ1) is 12.3. The summed E-state index contributed by atoms with van der Waals surface area (Å²) in [6, 6.07) is 7.71. The van der Waals surface area contributed by atoms with Crippen LogP contribution in [0.5, 0.6) is 0 Å². The Hall–Kier alpha value is -2.47. The lowest BCUT2D eigenvalue weighted by Gasteiger charge is -2.12. The van der Waals surface area contributed by atoms with Crippen molar-refractivity contribution < 1.29 is 18.5 Å². The van der Waals surface area contributed by atoms with Crippen molar-refractivity contribution in [3.8, 4) is 0 Å². The van der Waals surface area contributed by atoms with E-state index in [9.17, 15) is 13.8 Å². The zero-order valence-electron chi connectivity index (χ0n) is 14.9. The van der Waals surface area contributed by atoms with E-state index < -0.39 is 16.8 Å². The maximum Gasteiger partial charge on any atom is 0.335 e. The van der Waals surface area contributed by atoms with Gasteiger partial charge in [-0.15, -0.1) is 0 Å². The van der Waals surface area contributed by atoms with Crippen LogP contribution in [0.15, 0.2) is 44.4 Å². The molecule has 0 saturated carbocycles. The van der Waals surface area contributed by atoms with Crippen LogP contribution in [0.25, 0.3) is 21.9 Å². The molecule has 0 bridgehead atoms. The highest BCUT2D eigenvalue weighted by atomic mass is 32.2. The average Bonchev–Trinajstić information content (AvgIpc) is 2.61. The van der Waals surface area contributed by atoms with E-state index in [4.69, 9.17) is 9.52 Å². The van der Waals surface area contributed by atoms with Crippen LogP contribution in [0.2, 0.25) is 0 Å². The molecule has 1 N–H and O–H groups in total. The molecule has 1 unspecified atom stereocenters. The fourth-order valence-corrected chi connectivity index (χ4v) is 4.07. The van der Waals surface area contributed by atoms with Crippen LogP contribution in [-0.4, -0.2) is 21.0 Å². The highest BCUT2D eigenvalue weighted by Gasteiger charge is 2.18. The summed E-state index contributed by atoms with van der Waals surface area (Å²) in [5.74, 6) is -0.507. The lowest BCUT2D eigenvalue weighted by Crippen LogP contribution is -2.08. The van der Waals surface area contributed by atoms with Gasteiger partial charge >= 0.3 is 5.97 Å². The monoisotopic (exact) mass is 372 g/mol. The third-order valence-electron chi connectivity index (χ3n) is 4.29. The third kappa shape index (κ3) is 3.17. The summed E-state index contributed by atoms with van der Waals surface area (Å²) in [4.78, 5) is 24.8. The van der Waals surface area contributed by atoms with E-state index in [0.717, 1.165) is 12.0 Å². The molecule has 136 valence electrons. The van der Waals surface area contributed by atoms with Gasteiger partial charge in [-0.2, -0.15) is 0 Å². The van der Waals surface area contributed by atoms with Gasteiger partial charge in [0.1, 0.15) is 11.2 Å². The van der Waals surface area contributed by atoms with E-state index in [-0.39, 0.29) is 22.3 Å². The van der Waals surface area contributed by atoms with Crippen LogP contribution >= 0.6 is 0 Å². The van der Waals surface area contributed by atoms with Gasteiger partial charge in [-0.25, -0.2) is 4.79 Å². The molecule has 3 rings (SSSR count). The molecule has 6 heteroatoms. The Kier molecular flexibility index (Phi) is 4.96. The molecular formula is C20H20O5S. The zero-order chi connectivity index (χ0) is 19.0. The predicted octanol–water partition coefficient (Wildman–Crippen LogP) is 4.29. The molecule has 2 aromatic carbocycles. The lowest BCUT2D eigenvalue weighted by atomic mass is 9.99. The molecule has 0 saturated heterocycles. The molecule has 0 spiro atoms. The first-order valence-corrected chi connectivity index (χ1v) is 9.81. The van der Waals surface area contributed by atoms with Gasteiger partial charge in [0.15, 0.2) is 0 Å². The summed E-state index contributed by atoms with van der Waals surface area (Å²) >= 11 is 0. The van der Waals surface area contributed by atoms with Gasteiger partial charge < -0.3 is 9.52 Å². The minimum absolute atomic E-state index is 0.0268. The molecule has 0 aliphatic rings. The van der Waals surface area contributed by atoms with Gasteiger partial charge in [0.2, 0.25) is 5.43 Å². The fourth-order valence-electron chi connectivity index (χ4n) is 2.95. The van der Waals surface area contributed by atoms with Gasteiger partial charge in [-0.3, -0.25) is 9.00 Å². The van der Waals surface area contributed by atoms with Gasteiger partial charge in [0.25, 0.3) is 0 Å². The number of hydrogen-bond donors (Lipinski definition) is 1. The molecule has 0 amide bonds. The SMILES string of the molecule is CCCS(=O)c1cc(C(C)C)c2oc3ccc(C(=O)O)cc3c(=O)c2c1. The summed E-state index contributed by atoms with van der Waals surface area (Å²) in [7, 11) is -1.19. The maximum absolute atomic E-state index is 13.0.